The maximum atomic E-state index is 8.65. The monoisotopic (exact) mass is 292 g/mol. The largest absolute Gasteiger partial charge is 0.459 e. The van der Waals surface area contributed by atoms with Crippen LogP contribution in [0.15, 0.2) is 35.5 Å². The summed E-state index contributed by atoms with van der Waals surface area (Å²) in [5.41, 5.74) is 7.40. The first-order chi connectivity index (χ1) is 9.58. The average molecular weight is 293 g/mol. The van der Waals surface area contributed by atoms with Crippen LogP contribution >= 0.6 is 11.6 Å². The summed E-state index contributed by atoms with van der Waals surface area (Å²) >= 11 is 5.80. The fraction of sp³-hybridized carbons (Fsp3) is 0.154. The fourth-order valence-electron chi connectivity index (χ4n) is 1.52. The molecule has 0 bridgehead atoms. The number of oxime groups is 1. The number of hydrogen-bond acceptors (Lipinski definition) is 5. The van der Waals surface area contributed by atoms with Gasteiger partial charge in [-0.1, -0.05) is 28.9 Å². The Bertz CT molecular complexity index is 629. The molecule has 2 aromatic rings. The molecule has 0 saturated carbocycles. The van der Waals surface area contributed by atoms with Crippen LogP contribution in [0.1, 0.15) is 17.0 Å². The van der Waals surface area contributed by atoms with Crippen molar-refractivity contribution in [3.63, 3.8) is 0 Å². The summed E-state index contributed by atoms with van der Waals surface area (Å²) in [5.74, 6) is -0.0909. The van der Waals surface area contributed by atoms with Gasteiger partial charge in [0.15, 0.2) is 5.84 Å². The molecular formula is C13H13ClN4O2. The summed E-state index contributed by atoms with van der Waals surface area (Å²) in [4.78, 5) is 8.19. The standard InChI is InChI=1S/C13H13ClN4O2/c1-8-6-11(12(15)18-19)17-13(16-8)20-7-9-2-4-10(14)5-3-9/h2-6,19H,7H2,1H3,(H2,15,18). The predicted octanol–water partition coefficient (Wildman–Crippen LogP) is 2.11. The van der Waals surface area contributed by atoms with E-state index in [4.69, 9.17) is 27.3 Å². The molecule has 2 rings (SSSR count). The highest BCUT2D eigenvalue weighted by molar-refractivity contribution is 6.30. The lowest BCUT2D eigenvalue weighted by Gasteiger charge is -2.07. The minimum absolute atomic E-state index is 0.0909. The van der Waals surface area contributed by atoms with Crippen molar-refractivity contribution in [3.8, 4) is 6.01 Å². The summed E-state index contributed by atoms with van der Waals surface area (Å²) in [6.07, 6.45) is 0. The first kappa shape index (κ1) is 14.1. The molecule has 0 atom stereocenters. The summed E-state index contributed by atoms with van der Waals surface area (Å²) in [6, 6.07) is 9.02. The third kappa shape index (κ3) is 3.58. The third-order valence-corrected chi connectivity index (χ3v) is 2.74. The average Bonchev–Trinajstić information content (AvgIpc) is 2.45. The van der Waals surface area contributed by atoms with Gasteiger partial charge in [-0.2, -0.15) is 4.98 Å². The highest BCUT2D eigenvalue weighted by Crippen LogP contribution is 2.12. The Morgan fingerprint density at radius 2 is 2.05 bits per heavy atom. The van der Waals surface area contributed by atoms with Crippen LogP contribution in [-0.4, -0.2) is 21.0 Å². The first-order valence-corrected chi connectivity index (χ1v) is 6.17. The molecule has 0 radical (unpaired) electrons. The lowest BCUT2D eigenvalue weighted by molar-refractivity contribution is 0.279. The van der Waals surface area contributed by atoms with Crippen molar-refractivity contribution in [1.82, 2.24) is 9.97 Å². The number of nitrogens with two attached hydrogens (primary N) is 1. The molecule has 0 fully saturated rings. The molecule has 0 spiro atoms. The second-order valence-corrected chi connectivity index (χ2v) is 4.51. The highest BCUT2D eigenvalue weighted by Gasteiger charge is 2.07. The van der Waals surface area contributed by atoms with Crippen molar-refractivity contribution in [3.05, 3.63) is 52.3 Å². The van der Waals surface area contributed by atoms with Gasteiger partial charge in [0.05, 0.1) is 0 Å². The van der Waals surface area contributed by atoms with Gasteiger partial charge in [-0.3, -0.25) is 0 Å². The van der Waals surface area contributed by atoms with Gasteiger partial charge in [0, 0.05) is 10.7 Å². The van der Waals surface area contributed by atoms with Gasteiger partial charge in [0.2, 0.25) is 0 Å². The van der Waals surface area contributed by atoms with Crippen LogP contribution in [0.2, 0.25) is 5.02 Å². The molecule has 0 unspecified atom stereocenters. The van der Waals surface area contributed by atoms with E-state index in [0.717, 1.165) is 5.56 Å². The molecule has 20 heavy (non-hydrogen) atoms. The van der Waals surface area contributed by atoms with Crippen LogP contribution in [0.4, 0.5) is 0 Å². The van der Waals surface area contributed by atoms with E-state index in [1.165, 1.54) is 0 Å². The van der Waals surface area contributed by atoms with Gasteiger partial charge >= 0.3 is 6.01 Å². The predicted molar refractivity (Wildman–Crippen MR) is 75.1 cm³/mol. The Kier molecular flexibility index (Phi) is 4.37. The SMILES string of the molecule is Cc1cc(/C(N)=N/O)nc(OCc2ccc(Cl)cc2)n1. The molecule has 0 aliphatic rings. The molecule has 0 aliphatic heterocycles. The first-order valence-electron chi connectivity index (χ1n) is 5.79. The van der Waals surface area contributed by atoms with Crippen molar-refractivity contribution in [2.75, 3.05) is 0 Å². The summed E-state index contributed by atoms with van der Waals surface area (Å²) in [6.45, 7) is 2.07. The van der Waals surface area contributed by atoms with E-state index in [1.54, 1.807) is 25.1 Å². The topological polar surface area (TPSA) is 93.6 Å². The third-order valence-electron chi connectivity index (χ3n) is 2.49. The molecular weight excluding hydrogens is 280 g/mol. The van der Waals surface area contributed by atoms with Crippen molar-refractivity contribution < 1.29 is 9.94 Å². The van der Waals surface area contributed by atoms with E-state index in [0.29, 0.717) is 23.0 Å². The second kappa shape index (κ2) is 6.21. The lowest BCUT2D eigenvalue weighted by atomic mass is 10.2. The highest BCUT2D eigenvalue weighted by atomic mass is 35.5. The van der Waals surface area contributed by atoms with E-state index in [2.05, 4.69) is 15.1 Å². The van der Waals surface area contributed by atoms with E-state index in [-0.39, 0.29) is 11.8 Å². The van der Waals surface area contributed by atoms with Crippen LogP contribution in [0.5, 0.6) is 6.01 Å². The van der Waals surface area contributed by atoms with Crippen LogP contribution in [-0.2, 0) is 6.61 Å². The number of nitrogens with zero attached hydrogens (tertiary/aromatic N) is 3. The molecule has 0 amide bonds. The smallest absolute Gasteiger partial charge is 0.317 e. The summed E-state index contributed by atoms with van der Waals surface area (Å²) in [7, 11) is 0. The molecule has 6 nitrogen and oxygen atoms in total. The normalized spacial score (nSPS) is 11.4. The van der Waals surface area contributed by atoms with Crippen LogP contribution in [0.25, 0.3) is 0 Å². The minimum atomic E-state index is -0.0909. The zero-order valence-corrected chi connectivity index (χ0v) is 11.5. The van der Waals surface area contributed by atoms with Crippen molar-refractivity contribution >= 4 is 17.4 Å². The number of ether oxygens (including phenoxy) is 1. The van der Waals surface area contributed by atoms with Gasteiger partial charge in [-0.25, -0.2) is 4.98 Å². The molecule has 104 valence electrons. The Balaban J connectivity index is 2.13. The molecule has 0 saturated heterocycles. The molecule has 7 heteroatoms. The number of benzene rings is 1. The van der Waals surface area contributed by atoms with Crippen LogP contribution in [0.3, 0.4) is 0 Å². The van der Waals surface area contributed by atoms with E-state index < -0.39 is 0 Å². The Hall–Kier alpha value is -2.34. The Morgan fingerprint density at radius 1 is 1.35 bits per heavy atom. The summed E-state index contributed by atoms with van der Waals surface area (Å²) in [5, 5.41) is 12.2. The lowest BCUT2D eigenvalue weighted by Crippen LogP contribution is -2.16. The maximum Gasteiger partial charge on any atom is 0.317 e. The number of aromatic nitrogens is 2. The zero-order valence-electron chi connectivity index (χ0n) is 10.7. The van der Waals surface area contributed by atoms with Crippen LogP contribution in [0, 0.1) is 6.92 Å². The molecule has 3 N–H and O–H groups in total. The number of aryl methyl sites for hydroxylation is 1. The van der Waals surface area contributed by atoms with Crippen molar-refractivity contribution in [1.29, 1.82) is 0 Å². The van der Waals surface area contributed by atoms with Gasteiger partial charge in [-0.05, 0) is 30.7 Å². The van der Waals surface area contributed by atoms with Gasteiger partial charge < -0.3 is 15.7 Å². The zero-order chi connectivity index (χ0) is 14.5. The fourth-order valence-corrected chi connectivity index (χ4v) is 1.64. The van der Waals surface area contributed by atoms with Crippen LogP contribution < -0.4 is 10.5 Å². The number of hydrogen-bond donors (Lipinski definition) is 2. The van der Waals surface area contributed by atoms with Crippen molar-refractivity contribution in [2.24, 2.45) is 10.9 Å². The van der Waals surface area contributed by atoms with Gasteiger partial charge in [0.1, 0.15) is 12.3 Å². The number of halogens is 1. The van der Waals surface area contributed by atoms with Crippen molar-refractivity contribution in [2.45, 2.75) is 13.5 Å². The molecule has 1 aromatic carbocycles. The molecule has 0 aliphatic carbocycles. The van der Waals surface area contributed by atoms with E-state index in [9.17, 15) is 0 Å². The molecule has 1 heterocycles. The van der Waals surface area contributed by atoms with Gasteiger partial charge in [-0.15, -0.1) is 0 Å². The minimum Gasteiger partial charge on any atom is -0.459 e. The van der Waals surface area contributed by atoms with E-state index >= 15 is 0 Å². The maximum absolute atomic E-state index is 8.65. The molecule has 1 aromatic heterocycles. The Labute approximate surface area is 120 Å². The quantitative estimate of drug-likeness (QED) is 0.389. The second-order valence-electron chi connectivity index (χ2n) is 4.08. The number of rotatable bonds is 4. The van der Waals surface area contributed by atoms with Gasteiger partial charge in [0.25, 0.3) is 0 Å². The van der Waals surface area contributed by atoms with E-state index in [1.807, 2.05) is 12.1 Å². The Morgan fingerprint density at radius 3 is 2.70 bits per heavy atom. The number of amidine groups is 1. The summed E-state index contributed by atoms with van der Waals surface area (Å²) < 4.78 is 5.49.